The smallest absolute Gasteiger partial charge is 0.416 e. The van der Waals surface area contributed by atoms with Crippen molar-refractivity contribution < 1.29 is 23.9 Å². The van der Waals surface area contributed by atoms with Crippen molar-refractivity contribution in [3.05, 3.63) is 46.3 Å². The van der Waals surface area contributed by atoms with Gasteiger partial charge in [0.05, 0.1) is 6.54 Å². The van der Waals surface area contributed by atoms with E-state index >= 15 is 0 Å². The molecule has 2 aliphatic rings. The van der Waals surface area contributed by atoms with E-state index in [2.05, 4.69) is 12.1 Å². The van der Waals surface area contributed by atoms with Crippen molar-refractivity contribution in [2.45, 2.75) is 12.8 Å². The molecule has 2 amide bonds. The van der Waals surface area contributed by atoms with Gasteiger partial charge in [0.15, 0.2) is 6.61 Å². The highest BCUT2D eigenvalue weighted by Gasteiger charge is 2.29. The van der Waals surface area contributed by atoms with Crippen molar-refractivity contribution in [1.82, 2.24) is 4.90 Å². The summed E-state index contributed by atoms with van der Waals surface area (Å²) in [5, 5.41) is 0. The molecule has 1 aromatic heterocycles. The Morgan fingerprint density at radius 3 is 2.80 bits per heavy atom. The predicted octanol–water partition coefficient (Wildman–Crippen LogP) is 2.65. The molecule has 0 atom stereocenters. The van der Waals surface area contributed by atoms with Gasteiger partial charge in [0.1, 0.15) is 11.5 Å². The van der Waals surface area contributed by atoms with E-state index in [9.17, 15) is 14.4 Å². The van der Waals surface area contributed by atoms with Crippen LogP contribution in [0.2, 0.25) is 0 Å². The molecule has 7 heteroatoms. The molecule has 128 valence electrons. The monoisotopic (exact) mass is 357 g/mol. The number of fused-ring (bicyclic) bond motifs is 3. The minimum atomic E-state index is -0.691. The van der Waals surface area contributed by atoms with E-state index < -0.39 is 24.6 Å². The second kappa shape index (κ2) is 6.33. The zero-order valence-electron chi connectivity index (χ0n) is 13.3. The summed E-state index contributed by atoms with van der Waals surface area (Å²) in [7, 11) is 0. The topological polar surface area (TPSA) is 72.9 Å². The van der Waals surface area contributed by atoms with E-state index in [0.29, 0.717) is 4.88 Å². The standard InChI is InChI=1S/C18H15NO5S/c20-15(19-7-8-23-18(19)22)10-24-17(21)14-9-12-6-5-11-3-1-2-4-13(11)16(12)25-14/h1-4,9H,5-8,10H2. The average molecular weight is 357 g/mol. The number of ether oxygens (including phenoxy) is 2. The van der Waals surface area contributed by atoms with Crippen LogP contribution >= 0.6 is 11.3 Å². The third-order valence-corrected chi connectivity index (χ3v) is 5.52. The fourth-order valence-electron chi connectivity index (χ4n) is 3.07. The largest absolute Gasteiger partial charge is 0.451 e. The summed E-state index contributed by atoms with van der Waals surface area (Å²) in [6.07, 6.45) is 1.14. The molecule has 1 aliphatic carbocycles. The molecule has 4 rings (SSSR count). The minimum Gasteiger partial charge on any atom is -0.451 e. The van der Waals surface area contributed by atoms with E-state index in [1.165, 1.54) is 16.9 Å². The van der Waals surface area contributed by atoms with Gasteiger partial charge in [-0.25, -0.2) is 14.5 Å². The number of aryl methyl sites for hydroxylation is 2. The van der Waals surface area contributed by atoms with Crippen molar-refractivity contribution in [3.8, 4) is 10.4 Å². The van der Waals surface area contributed by atoms with E-state index in [-0.39, 0.29) is 13.2 Å². The van der Waals surface area contributed by atoms with Gasteiger partial charge in [-0.1, -0.05) is 24.3 Å². The second-order valence-electron chi connectivity index (χ2n) is 5.86. The normalized spacial score (nSPS) is 15.4. The Morgan fingerprint density at radius 2 is 2.00 bits per heavy atom. The summed E-state index contributed by atoms with van der Waals surface area (Å²) < 4.78 is 9.78. The Hall–Kier alpha value is -2.67. The predicted molar refractivity (Wildman–Crippen MR) is 90.5 cm³/mol. The summed E-state index contributed by atoms with van der Waals surface area (Å²) in [4.78, 5) is 38.0. The molecular formula is C18H15NO5S. The molecule has 0 saturated carbocycles. The molecular weight excluding hydrogens is 342 g/mol. The third-order valence-electron chi connectivity index (χ3n) is 4.32. The van der Waals surface area contributed by atoms with E-state index in [1.807, 2.05) is 18.2 Å². The quantitative estimate of drug-likeness (QED) is 0.790. The molecule has 0 N–H and O–H groups in total. The van der Waals surface area contributed by atoms with Gasteiger partial charge in [0, 0.05) is 4.88 Å². The summed E-state index contributed by atoms with van der Waals surface area (Å²) in [6, 6.07) is 10.00. The van der Waals surface area contributed by atoms with Crippen molar-refractivity contribution in [3.63, 3.8) is 0 Å². The van der Waals surface area contributed by atoms with Crippen LogP contribution in [0.3, 0.4) is 0 Å². The Balaban J connectivity index is 1.46. The van der Waals surface area contributed by atoms with Crippen LogP contribution in [-0.4, -0.2) is 42.6 Å². The molecule has 1 fully saturated rings. The van der Waals surface area contributed by atoms with Gasteiger partial charge in [-0.2, -0.15) is 0 Å². The van der Waals surface area contributed by atoms with Gasteiger partial charge < -0.3 is 9.47 Å². The van der Waals surface area contributed by atoms with Crippen LogP contribution in [0, 0.1) is 0 Å². The summed E-state index contributed by atoms with van der Waals surface area (Å²) >= 11 is 1.38. The van der Waals surface area contributed by atoms with Crippen molar-refractivity contribution in [1.29, 1.82) is 0 Å². The lowest BCUT2D eigenvalue weighted by molar-refractivity contribution is -0.131. The third kappa shape index (κ3) is 2.91. The van der Waals surface area contributed by atoms with Gasteiger partial charge in [0.25, 0.3) is 5.91 Å². The van der Waals surface area contributed by atoms with Crippen LogP contribution in [0.25, 0.3) is 10.4 Å². The first-order valence-corrected chi connectivity index (χ1v) is 8.80. The summed E-state index contributed by atoms with van der Waals surface area (Å²) in [6.45, 7) is -0.0953. The van der Waals surface area contributed by atoms with Gasteiger partial charge in [-0.3, -0.25) is 4.79 Å². The zero-order chi connectivity index (χ0) is 17.4. The first-order valence-electron chi connectivity index (χ1n) is 7.99. The molecule has 1 aromatic carbocycles. The highest BCUT2D eigenvalue weighted by Crippen LogP contribution is 2.39. The van der Waals surface area contributed by atoms with Crippen molar-refractivity contribution >= 4 is 29.3 Å². The number of thiophene rings is 1. The number of carbonyl (C=O) groups is 3. The Bertz CT molecular complexity index is 872. The fraction of sp³-hybridized carbons (Fsp3) is 0.278. The molecule has 2 heterocycles. The van der Waals surface area contributed by atoms with Gasteiger partial charge in [0.2, 0.25) is 0 Å². The number of benzene rings is 1. The molecule has 0 spiro atoms. The lowest BCUT2D eigenvalue weighted by Crippen LogP contribution is -2.35. The molecule has 1 saturated heterocycles. The number of hydrogen-bond acceptors (Lipinski definition) is 6. The number of nitrogens with zero attached hydrogens (tertiary/aromatic N) is 1. The van der Waals surface area contributed by atoms with E-state index in [0.717, 1.165) is 33.7 Å². The number of rotatable bonds is 3. The number of imide groups is 1. The molecule has 25 heavy (non-hydrogen) atoms. The van der Waals surface area contributed by atoms with Crippen molar-refractivity contribution in [2.24, 2.45) is 0 Å². The molecule has 0 bridgehead atoms. The summed E-state index contributed by atoms with van der Waals surface area (Å²) in [5.41, 5.74) is 3.56. The molecule has 0 unspecified atom stereocenters. The Morgan fingerprint density at radius 1 is 1.20 bits per heavy atom. The maximum atomic E-state index is 12.3. The lowest BCUT2D eigenvalue weighted by atomic mass is 9.91. The maximum Gasteiger partial charge on any atom is 0.416 e. The Labute approximate surface area is 148 Å². The van der Waals surface area contributed by atoms with Gasteiger partial charge in [-0.05, 0) is 35.6 Å². The SMILES string of the molecule is O=C(OCC(=O)N1CCOC1=O)c1cc2c(s1)-c1ccccc1CC2. The summed E-state index contributed by atoms with van der Waals surface area (Å²) in [5.74, 6) is -1.11. The van der Waals surface area contributed by atoms with Crippen LogP contribution in [0.4, 0.5) is 4.79 Å². The maximum absolute atomic E-state index is 12.3. The highest BCUT2D eigenvalue weighted by atomic mass is 32.1. The first-order chi connectivity index (χ1) is 12.1. The molecule has 2 aromatic rings. The number of esters is 1. The van der Waals surface area contributed by atoms with Crippen molar-refractivity contribution in [2.75, 3.05) is 19.8 Å². The van der Waals surface area contributed by atoms with E-state index in [4.69, 9.17) is 9.47 Å². The first kappa shape index (κ1) is 15.8. The number of amides is 2. The fourth-order valence-corrected chi connectivity index (χ4v) is 4.23. The van der Waals surface area contributed by atoms with Crippen LogP contribution < -0.4 is 0 Å². The minimum absolute atomic E-state index is 0.176. The van der Waals surface area contributed by atoms with Crippen LogP contribution in [0.1, 0.15) is 20.8 Å². The van der Waals surface area contributed by atoms with Gasteiger partial charge in [-0.15, -0.1) is 11.3 Å². The molecule has 6 nitrogen and oxygen atoms in total. The van der Waals surface area contributed by atoms with Gasteiger partial charge >= 0.3 is 12.1 Å². The molecule has 0 radical (unpaired) electrons. The number of cyclic esters (lactones) is 1. The van der Waals surface area contributed by atoms with E-state index in [1.54, 1.807) is 0 Å². The Kier molecular flexibility index (Phi) is 4.01. The highest BCUT2D eigenvalue weighted by molar-refractivity contribution is 7.17. The average Bonchev–Trinajstić information content (AvgIpc) is 3.25. The van der Waals surface area contributed by atoms with Crippen LogP contribution in [-0.2, 0) is 27.1 Å². The number of hydrogen-bond donors (Lipinski definition) is 0. The second-order valence-corrected chi connectivity index (χ2v) is 6.91. The zero-order valence-corrected chi connectivity index (χ0v) is 14.1. The molecule has 1 aliphatic heterocycles. The lowest BCUT2D eigenvalue weighted by Gasteiger charge is -2.15. The van der Waals surface area contributed by atoms with Crippen LogP contribution in [0.15, 0.2) is 30.3 Å². The van der Waals surface area contributed by atoms with Crippen LogP contribution in [0.5, 0.6) is 0 Å². The number of carbonyl (C=O) groups excluding carboxylic acids is 3.